The molecule has 0 aliphatic heterocycles. The van der Waals surface area contributed by atoms with Crippen LogP contribution < -0.4 is 10.6 Å². The van der Waals surface area contributed by atoms with Crippen molar-refractivity contribution in [3.05, 3.63) is 47.4 Å². The zero-order chi connectivity index (χ0) is 13.0. The van der Waals surface area contributed by atoms with Gasteiger partial charge in [0.2, 0.25) is 0 Å². The standard InChI is InChI=1S/C12H11ClN4O/c1-14-9-3-4-10(15-7-9)12(18)17-11-5-2-8(13)6-16-11/h2-7,14H,1H3,(H,16,17,18). The lowest BCUT2D eigenvalue weighted by Gasteiger charge is -2.04. The van der Waals surface area contributed by atoms with Gasteiger partial charge in [0.1, 0.15) is 11.5 Å². The van der Waals surface area contributed by atoms with E-state index in [0.717, 1.165) is 5.69 Å². The Balaban J connectivity index is 2.09. The lowest BCUT2D eigenvalue weighted by molar-refractivity contribution is 0.102. The Hall–Kier alpha value is -2.14. The molecule has 0 aromatic carbocycles. The molecule has 0 spiro atoms. The van der Waals surface area contributed by atoms with Crippen LogP contribution in [0.4, 0.5) is 11.5 Å². The van der Waals surface area contributed by atoms with Crippen LogP contribution in [0.2, 0.25) is 5.02 Å². The van der Waals surface area contributed by atoms with Gasteiger partial charge < -0.3 is 10.6 Å². The quantitative estimate of drug-likeness (QED) is 0.892. The average molecular weight is 263 g/mol. The molecule has 1 amide bonds. The third kappa shape index (κ3) is 2.95. The molecule has 0 aliphatic carbocycles. The first-order valence-electron chi connectivity index (χ1n) is 5.26. The van der Waals surface area contributed by atoms with E-state index in [9.17, 15) is 4.79 Å². The second kappa shape index (κ2) is 5.46. The molecule has 0 bridgehead atoms. The van der Waals surface area contributed by atoms with Crippen molar-refractivity contribution in [2.75, 3.05) is 17.7 Å². The summed E-state index contributed by atoms with van der Waals surface area (Å²) in [4.78, 5) is 19.8. The lowest BCUT2D eigenvalue weighted by Crippen LogP contribution is -2.14. The van der Waals surface area contributed by atoms with E-state index in [4.69, 9.17) is 11.6 Å². The molecular weight excluding hydrogens is 252 g/mol. The normalized spacial score (nSPS) is 9.89. The van der Waals surface area contributed by atoms with Crippen LogP contribution >= 0.6 is 11.6 Å². The Morgan fingerprint density at radius 3 is 2.56 bits per heavy atom. The largest absolute Gasteiger partial charge is 0.387 e. The molecule has 0 saturated heterocycles. The first-order valence-corrected chi connectivity index (χ1v) is 5.63. The van der Waals surface area contributed by atoms with E-state index in [-0.39, 0.29) is 5.91 Å². The SMILES string of the molecule is CNc1ccc(C(=O)Nc2ccc(Cl)cn2)nc1. The van der Waals surface area contributed by atoms with Gasteiger partial charge in [-0.2, -0.15) is 0 Å². The van der Waals surface area contributed by atoms with Gasteiger partial charge in [0.25, 0.3) is 5.91 Å². The van der Waals surface area contributed by atoms with Crippen LogP contribution in [0.15, 0.2) is 36.7 Å². The summed E-state index contributed by atoms with van der Waals surface area (Å²) >= 11 is 5.70. The Bertz CT molecular complexity index is 539. The van der Waals surface area contributed by atoms with E-state index < -0.39 is 0 Å². The van der Waals surface area contributed by atoms with E-state index in [1.165, 1.54) is 6.20 Å². The highest BCUT2D eigenvalue weighted by Gasteiger charge is 2.07. The number of hydrogen-bond donors (Lipinski definition) is 2. The zero-order valence-corrected chi connectivity index (χ0v) is 10.4. The third-order valence-corrected chi connectivity index (χ3v) is 2.48. The van der Waals surface area contributed by atoms with Crippen LogP contribution in [0.1, 0.15) is 10.5 Å². The zero-order valence-electron chi connectivity index (χ0n) is 9.64. The number of anilines is 2. The van der Waals surface area contributed by atoms with Crippen LogP contribution in [0.3, 0.4) is 0 Å². The number of carbonyl (C=O) groups is 1. The molecule has 5 nitrogen and oxygen atoms in total. The van der Waals surface area contributed by atoms with Crippen molar-refractivity contribution in [2.24, 2.45) is 0 Å². The van der Waals surface area contributed by atoms with Gasteiger partial charge in [0, 0.05) is 13.2 Å². The Kier molecular flexibility index (Phi) is 3.74. The van der Waals surface area contributed by atoms with Gasteiger partial charge in [0.05, 0.1) is 16.9 Å². The summed E-state index contributed by atoms with van der Waals surface area (Å²) in [7, 11) is 1.79. The molecule has 0 radical (unpaired) electrons. The molecule has 2 rings (SSSR count). The fraction of sp³-hybridized carbons (Fsp3) is 0.0833. The minimum atomic E-state index is -0.313. The first kappa shape index (κ1) is 12.3. The van der Waals surface area contributed by atoms with Crippen molar-refractivity contribution >= 4 is 29.0 Å². The van der Waals surface area contributed by atoms with Gasteiger partial charge in [-0.15, -0.1) is 0 Å². The first-order chi connectivity index (χ1) is 8.69. The summed E-state index contributed by atoms with van der Waals surface area (Å²) < 4.78 is 0. The minimum Gasteiger partial charge on any atom is -0.387 e. The van der Waals surface area contributed by atoms with Crippen LogP contribution in [-0.4, -0.2) is 22.9 Å². The number of nitrogens with zero attached hydrogens (tertiary/aromatic N) is 2. The van der Waals surface area contributed by atoms with E-state index in [2.05, 4.69) is 20.6 Å². The van der Waals surface area contributed by atoms with Crippen molar-refractivity contribution in [3.8, 4) is 0 Å². The molecular formula is C12H11ClN4O. The van der Waals surface area contributed by atoms with Gasteiger partial charge in [0.15, 0.2) is 0 Å². The monoisotopic (exact) mass is 262 g/mol. The molecule has 0 aliphatic rings. The average Bonchev–Trinajstić information content (AvgIpc) is 2.41. The van der Waals surface area contributed by atoms with Crippen LogP contribution in [0.5, 0.6) is 0 Å². The summed E-state index contributed by atoms with van der Waals surface area (Å²) in [5.74, 6) is 0.122. The number of hydrogen-bond acceptors (Lipinski definition) is 4. The number of rotatable bonds is 3. The molecule has 6 heteroatoms. The Morgan fingerprint density at radius 1 is 1.17 bits per heavy atom. The summed E-state index contributed by atoms with van der Waals surface area (Å²) in [6.07, 6.45) is 3.05. The molecule has 2 aromatic heterocycles. The van der Waals surface area contributed by atoms with Gasteiger partial charge >= 0.3 is 0 Å². The predicted molar refractivity (Wildman–Crippen MR) is 71.0 cm³/mol. The summed E-state index contributed by atoms with van der Waals surface area (Å²) in [6, 6.07) is 6.69. The molecule has 92 valence electrons. The number of halogens is 1. The number of carbonyl (C=O) groups excluding carboxylic acids is 1. The van der Waals surface area contributed by atoms with Crippen molar-refractivity contribution in [3.63, 3.8) is 0 Å². The van der Waals surface area contributed by atoms with Gasteiger partial charge in [-0.05, 0) is 24.3 Å². The van der Waals surface area contributed by atoms with Gasteiger partial charge in [-0.1, -0.05) is 11.6 Å². The predicted octanol–water partition coefficient (Wildman–Crippen LogP) is 2.42. The highest BCUT2D eigenvalue weighted by Crippen LogP contribution is 2.11. The maximum Gasteiger partial charge on any atom is 0.275 e. The Labute approximate surface area is 109 Å². The van der Waals surface area contributed by atoms with Crippen molar-refractivity contribution in [1.82, 2.24) is 9.97 Å². The maximum absolute atomic E-state index is 11.8. The van der Waals surface area contributed by atoms with Crippen molar-refractivity contribution in [1.29, 1.82) is 0 Å². The van der Waals surface area contributed by atoms with Gasteiger partial charge in [-0.25, -0.2) is 9.97 Å². The molecule has 2 N–H and O–H groups in total. The lowest BCUT2D eigenvalue weighted by atomic mass is 10.3. The van der Waals surface area contributed by atoms with Crippen LogP contribution in [-0.2, 0) is 0 Å². The number of amides is 1. The molecule has 2 aromatic rings. The summed E-state index contributed by atoms with van der Waals surface area (Å²) in [5, 5.41) is 6.08. The van der Waals surface area contributed by atoms with Crippen molar-refractivity contribution in [2.45, 2.75) is 0 Å². The van der Waals surface area contributed by atoms with E-state index in [1.807, 2.05) is 0 Å². The highest BCUT2D eigenvalue weighted by molar-refractivity contribution is 6.30. The molecule has 0 saturated carbocycles. The second-order valence-electron chi connectivity index (χ2n) is 3.50. The van der Waals surface area contributed by atoms with Crippen LogP contribution in [0, 0.1) is 0 Å². The molecule has 0 fully saturated rings. The van der Waals surface area contributed by atoms with Crippen molar-refractivity contribution < 1.29 is 4.79 Å². The van der Waals surface area contributed by atoms with E-state index >= 15 is 0 Å². The number of nitrogens with one attached hydrogen (secondary N) is 2. The smallest absolute Gasteiger partial charge is 0.275 e. The number of aromatic nitrogens is 2. The van der Waals surface area contributed by atoms with E-state index in [1.54, 1.807) is 37.5 Å². The summed E-state index contributed by atoms with van der Waals surface area (Å²) in [6.45, 7) is 0. The molecule has 0 unspecified atom stereocenters. The topological polar surface area (TPSA) is 66.9 Å². The molecule has 0 atom stereocenters. The number of pyridine rings is 2. The van der Waals surface area contributed by atoms with Crippen LogP contribution in [0.25, 0.3) is 0 Å². The maximum atomic E-state index is 11.8. The van der Waals surface area contributed by atoms with Gasteiger partial charge in [-0.3, -0.25) is 4.79 Å². The second-order valence-corrected chi connectivity index (χ2v) is 3.93. The summed E-state index contributed by atoms with van der Waals surface area (Å²) in [5.41, 5.74) is 1.17. The minimum absolute atomic E-state index is 0.313. The molecule has 2 heterocycles. The fourth-order valence-corrected chi connectivity index (χ4v) is 1.42. The highest BCUT2D eigenvalue weighted by atomic mass is 35.5. The third-order valence-electron chi connectivity index (χ3n) is 2.25. The molecule has 18 heavy (non-hydrogen) atoms. The Morgan fingerprint density at radius 2 is 2.00 bits per heavy atom. The fourth-order valence-electron chi connectivity index (χ4n) is 1.31. The van der Waals surface area contributed by atoms with E-state index in [0.29, 0.717) is 16.5 Å².